The highest BCUT2D eigenvalue weighted by Gasteiger charge is 2.16. The first-order chi connectivity index (χ1) is 7.24. The number of methoxy groups -OCH3 is 2. The number of benzene rings is 1. The number of rotatable bonds is 2. The van der Waals surface area contributed by atoms with Gasteiger partial charge in [-0.3, -0.25) is 0 Å². The minimum atomic E-state index is 0.502. The molecule has 80 valence electrons. The van der Waals surface area contributed by atoms with Gasteiger partial charge in [-0.1, -0.05) is 0 Å². The van der Waals surface area contributed by atoms with E-state index in [0.29, 0.717) is 18.0 Å². The highest BCUT2D eigenvalue weighted by atomic mass is 16.5. The summed E-state index contributed by atoms with van der Waals surface area (Å²) in [6, 6.07) is 3.76. The van der Waals surface area contributed by atoms with E-state index in [-0.39, 0.29) is 0 Å². The van der Waals surface area contributed by atoms with E-state index in [1.807, 2.05) is 12.1 Å². The molecule has 0 radical (unpaired) electrons. The fraction of sp³-hybridized carbons (Fsp3) is 0.364. The summed E-state index contributed by atoms with van der Waals surface area (Å²) >= 11 is 0. The zero-order chi connectivity index (χ0) is 10.8. The van der Waals surface area contributed by atoms with Crippen LogP contribution in [-0.2, 0) is 6.42 Å². The van der Waals surface area contributed by atoms with Crippen molar-refractivity contribution in [2.45, 2.75) is 6.42 Å². The molecule has 0 fully saturated rings. The number of nitrogens with zero attached hydrogens (tertiary/aromatic N) is 1. The summed E-state index contributed by atoms with van der Waals surface area (Å²) in [5, 5.41) is 11.2. The molecule has 0 atom stereocenters. The van der Waals surface area contributed by atoms with Gasteiger partial charge >= 0.3 is 0 Å². The molecule has 0 unspecified atom stereocenters. The van der Waals surface area contributed by atoms with E-state index in [1.54, 1.807) is 20.4 Å². The Labute approximate surface area is 88.3 Å². The maximum atomic E-state index is 11.2. The van der Waals surface area contributed by atoms with Crippen LogP contribution in [0.15, 0.2) is 12.1 Å². The van der Waals surface area contributed by atoms with E-state index >= 15 is 0 Å². The van der Waals surface area contributed by atoms with E-state index in [2.05, 4.69) is 0 Å². The molecule has 0 saturated heterocycles. The SMILES string of the molecule is COc1cc2c(cc1OC)CC[N+]([O-])=C2. The van der Waals surface area contributed by atoms with Gasteiger partial charge in [-0.2, -0.15) is 0 Å². The van der Waals surface area contributed by atoms with E-state index in [1.165, 1.54) is 0 Å². The molecular weight excluding hydrogens is 194 g/mol. The van der Waals surface area contributed by atoms with Crippen molar-refractivity contribution in [1.82, 2.24) is 0 Å². The van der Waals surface area contributed by atoms with Crippen LogP contribution in [-0.4, -0.2) is 31.7 Å². The summed E-state index contributed by atoms with van der Waals surface area (Å²) in [6.45, 7) is 0.502. The number of hydrogen-bond acceptors (Lipinski definition) is 3. The van der Waals surface area contributed by atoms with Gasteiger partial charge in [0.25, 0.3) is 0 Å². The minimum Gasteiger partial charge on any atom is -0.624 e. The van der Waals surface area contributed by atoms with Gasteiger partial charge in [-0.15, -0.1) is 0 Å². The highest BCUT2D eigenvalue weighted by Crippen LogP contribution is 2.30. The molecule has 0 N–H and O–H groups in total. The molecule has 1 aromatic rings. The lowest BCUT2D eigenvalue weighted by molar-refractivity contribution is -0.453. The lowest BCUT2D eigenvalue weighted by Crippen LogP contribution is -2.17. The van der Waals surface area contributed by atoms with Crippen molar-refractivity contribution in [2.24, 2.45) is 0 Å². The third kappa shape index (κ3) is 1.75. The summed E-state index contributed by atoms with van der Waals surface area (Å²) in [5.41, 5.74) is 2.04. The van der Waals surface area contributed by atoms with Crippen LogP contribution in [0.1, 0.15) is 11.1 Å². The Bertz CT molecular complexity index is 413. The van der Waals surface area contributed by atoms with Crippen molar-refractivity contribution < 1.29 is 14.2 Å². The van der Waals surface area contributed by atoms with Crippen molar-refractivity contribution in [3.05, 3.63) is 28.5 Å². The lowest BCUT2D eigenvalue weighted by Gasteiger charge is -2.16. The van der Waals surface area contributed by atoms with Gasteiger partial charge in [0.1, 0.15) is 0 Å². The summed E-state index contributed by atoms with van der Waals surface area (Å²) in [4.78, 5) is 0. The standard InChI is InChI=1S/C11H13NO3/c1-14-10-5-8-3-4-12(13)7-9(8)6-11(10)15-2/h5-7H,3-4H2,1-2H3. The first kappa shape index (κ1) is 9.83. The molecular formula is C11H13NO3. The Balaban J connectivity index is 2.51. The van der Waals surface area contributed by atoms with E-state index in [4.69, 9.17) is 9.47 Å². The Hall–Kier alpha value is -1.71. The van der Waals surface area contributed by atoms with Crippen molar-refractivity contribution in [2.75, 3.05) is 20.8 Å². The first-order valence-corrected chi connectivity index (χ1v) is 4.78. The van der Waals surface area contributed by atoms with Crippen LogP contribution in [0.25, 0.3) is 0 Å². The molecule has 0 bridgehead atoms. The predicted octanol–water partition coefficient (Wildman–Crippen LogP) is 1.19. The predicted molar refractivity (Wildman–Crippen MR) is 56.9 cm³/mol. The van der Waals surface area contributed by atoms with Gasteiger partial charge in [0.15, 0.2) is 24.3 Å². The molecule has 1 aromatic carbocycles. The second-order valence-electron chi connectivity index (χ2n) is 3.43. The molecule has 0 saturated carbocycles. The van der Waals surface area contributed by atoms with Crippen molar-refractivity contribution in [3.8, 4) is 11.5 Å². The number of ether oxygens (including phenoxy) is 2. The van der Waals surface area contributed by atoms with Crippen molar-refractivity contribution in [3.63, 3.8) is 0 Å². The van der Waals surface area contributed by atoms with Gasteiger partial charge in [-0.25, -0.2) is 4.74 Å². The maximum Gasteiger partial charge on any atom is 0.182 e. The van der Waals surface area contributed by atoms with Crippen LogP contribution < -0.4 is 9.47 Å². The second kappa shape index (κ2) is 3.81. The Morgan fingerprint density at radius 3 is 2.53 bits per heavy atom. The third-order valence-electron chi connectivity index (χ3n) is 2.53. The zero-order valence-corrected chi connectivity index (χ0v) is 8.82. The first-order valence-electron chi connectivity index (χ1n) is 4.78. The number of hydrogen-bond donors (Lipinski definition) is 0. The summed E-state index contributed by atoms with van der Waals surface area (Å²) < 4.78 is 11.3. The maximum absolute atomic E-state index is 11.2. The normalized spacial score (nSPS) is 14.1. The van der Waals surface area contributed by atoms with Crippen molar-refractivity contribution in [1.29, 1.82) is 0 Å². The Morgan fingerprint density at radius 2 is 1.87 bits per heavy atom. The highest BCUT2D eigenvalue weighted by molar-refractivity contribution is 5.80. The molecule has 1 aliphatic heterocycles. The molecule has 1 aliphatic rings. The monoisotopic (exact) mass is 207 g/mol. The Kier molecular flexibility index (Phi) is 2.49. The molecule has 4 heteroatoms. The van der Waals surface area contributed by atoms with E-state index in [0.717, 1.165) is 22.3 Å². The zero-order valence-electron chi connectivity index (χ0n) is 8.82. The molecule has 4 nitrogen and oxygen atoms in total. The third-order valence-corrected chi connectivity index (χ3v) is 2.53. The summed E-state index contributed by atoms with van der Waals surface area (Å²) in [7, 11) is 3.19. The van der Waals surface area contributed by atoms with E-state index in [9.17, 15) is 5.21 Å². The van der Waals surface area contributed by atoms with Gasteiger partial charge in [-0.05, 0) is 17.7 Å². The fourth-order valence-electron chi connectivity index (χ4n) is 1.72. The quantitative estimate of drug-likeness (QED) is 0.540. The lowest BCUT2D eigenvalue weighted by atomic mass is 10.0. The molecule has 0 amide bonds. The van der Waals surface area contributed by atoms with Crippen LogP contribution in [0.4, 0.5) is 0 Å². The fourth-order valence-corrected chi connectivity index (χ4v) is 1.72. The van der Waals surface area contributed by atoms with Gasteiger partial charge in [0.05, 0.1) is 14.2 Å². The summed E-state index contributed by atoms with van der Waals surface area (Å²) in [6.07, 6.45) is 2.33. The van der Waals surface area contributed by atoms with Gasteiger partial charge in [0.2, 0.25) is 0 Å². The molecule has 2 rings (SSSR count). The smallest absolute Gasteiger partial charge is 0.182 e. The van der Waals surface area contributed by atoms with Crippen LogP contribution >= 0.6 is 0 Å². The average molecular weight is 207 g/mol. The molecule has 15 heavy (non-hydrogen) atoms. The van der Waals surface area contributed by atoms with Crippen LogP contribution in [0.3, 0.4) is 0 Å². The topological polar surface area (TPSA) is 44.5 Å². The number of fused-ring (bicyclic) bond motifs is 1. The summed E-state index contributed by atoms with van der Waals surface area (Å²) in [5.74, 6) is 1.37. The Morgan fingerprint density at radius 1 is 1.20 bits per heavy atom. The van der Waals surface area contributed by atoms with Gasteiger partial charge < -0.3 is 14.7 Å². The van der Waals surface area contributed by atoms with Crippen LogP contribution in [0.2, 0.25) is 0 Å². The largest absolute Gasteiger partial charge is 0.624 e. The van der Waals surface area contributed by atoms with Gasteiger partial charge in [0, 0.05) is 12.0 Å². The number of hydroxylamine groups is 1. The molecule has 0 spiro atoms. The minimum absolute atomic E-state index is 0.502. The molecule has 0 aliphatic carbocycles. The van der Waals surface area contributed by atoms with Crippen LogP contribution in [0.5, 0.6) is 11.5 Å². The van der Waals surface area contributed by atoms with Crippen molar-refractivity contribution >= 4 is 6.21 Å². The molecule has 1 heterocycles. The van der Waals surface area contributed by atoms with Crippen LogP contribution in [0, 0.1) is 5.21 Å². The average Bonchev–Trinajstić information content (AvgIpc) is 2.27. The second-order valence-corrected chi connectivity index (χ2v) is 3.43. The molecule has 0 aromatic heterocycles. The van der Waals surface area contributed by atoms with E-state index < -0.39 is 0 Å².